The van der Waals surface area contributed by atoms with Crippen LogP contribution in [-0.4, -0.2) is 290 Å². The molecule has 6 heterocycles. The zero-order chi connectivity index (χ0) is 83.8. The topological polar surface area (TPSA) is 581 Å². The number of amides is 4. The van der Waals surface area contributed by atoms with Crippen LogP contribution in [0, 0.1) is 25.2 Å². The van der Waals surface area contributed by atoms with Crippen LogP contribution < -0.4 is 46.1 Å². The second kappa shape index (κ2) is 38.6. The molecule has 0 saturated carbocycles. The molecule has 2 saturated heterocycles. The molecule has 4 amide bonds. The van der Waals surface area contributed by atoms with Crippen molar-refractivity contribution in [2.45, 2.75) is 102 Å². The lowest BCUT2D eigenvalue weighted by Gasteiger charge is -2.46. The molecule has 5 aromatic rings. The minimum atomic E-state index is -5.13. The van der Waals surface area contributed by atoms with E-state index in [1.807, 2.05) is 55.1 Å². The van der Waals surface area contributed by atoms with Crippen LogP contribution in [0.3, 0.4) is 0 Å². The maximum absolute atomic E-state index is 14.0. The van der Waals surface area contributed by atoms with Crippen LogP contribution in [-0.2, 0) is 107 Å². The molecule has 2 fully saturated rings. The first-order chi connectivity index (χ1) is 54.2. The first kappa shape index (κ1) is 88.9. The highest BCUT2D eigenvalue weighted by Crippen LogP contribution is 2.37. The minimum Gasteiger partial charge on any atom is -0.488 e. The Hall–Kier alpha value is -10.1. The van der Waals surface area contributed by atoms with Crippen molar-refractivity contribution in [2.75, 3.05) is 102 Å². The summed E-state index contributed by atoms with van der Waals surface area (Å²) in [7, 11) is -19.4. The van der Waals surface area contributed by atoms with Crippen molar-refractivity contribution in [3.05, 3.63) is 142 Å². The Morgan fingerprint density at radius 1 is 0.643 bits per heavy atom. The monoisotopic (exact) mass is 1700 g/mol. The van der Waals surface area contributed by atoms with E-state index in [9.17, 15) is 101 Å². The van der Waals surface area contributed by atoms with Crippen molar-refractivity contribution >= 4 is 93.6 Å². The molecule has 9 rings (SSSR count). The van der Waals surface area contributed by atoms with Gasteiger partial charge in [0.05, 0.1) is 28.3 Å². The van der Waals surface area contributed by atoms with Gasteiger partial charge in [-0.15, -0.1) is 5.10 Å². The van der Waals surface area contributed by atoms with Crippen LogP contribution in [0.25, 0.3) is 11.1 Å². The van der Waals surface area contributed by atoms with Gasteiger partial charge in [-0.1, -0.05) is 47.1 Å². The summed E-state index contributed by atoms with van der Waals surface area (Å²) >= 11 is 6.82. The van der Waals surface area contributed by atoms with Gasteiger partial charge in [-0.25, -0.2) is 9.59 Å². The number of aliphatic carboxylic acids is 3. The first-order valence-electron chi connectivity index (χ1n) is 35.6. The highest BCUT2D eigenvalue weighted by molar-refractivity contribution is 7.86. The number of carboxylic acid groups (broad SMARTS) is 3. The number of piperazine rings is 1. The Morgan fingerprint density at radius 3 is 1.81 bits per heavy atom. The average molecular weight is 1700 g/mol. The van der Waals surface area contributed by atoms with Crippen LogP contribution in [0.4, 0.5) is 0 Å². The predicted molar refractivity (Wildman–Crippen MR) is 406 cm³/mol. The number of rotatable bonds is 40. The number of carboxylic acids is 3. The molecule has 0 bridgehead atoms. The summed E-state index contributed by atoms with van der Waals surface area (Å²) in [5.41, 5.74) is 2.21. The smallest absolute Gasteiger partial charge is 0.349 e. The molecule has 0 spiro atoms. The summed E-state index contributed by atoms with van der Waals surface area (Å²) in [5, 5.41) is 63.6. The van der Waals surface area contributed by atoms with Crippen molar-refractivity contribution in [3.8, 4) is 34.4 Å². The Kier molecular flexibility index (Phi) is 29.8. The van der Waals surface area contributed by atoms with Gasteiger partial charge in [0, 0.05) is 128 Å². The molecule has 46 heteroatoms. The number of aryl methyl sites for hydroxylation is 1. The summed E-state index contributed by atoms with van der Waals surface area (Å²) in [5.74, 6) is -12.7. The van der Waals surface area contributed by atoms with Crippen LogP contribution in [0.1, 0.15) is 58.3 Å². The van der Waals surface area contributed by atoms with Crippen LogP contribution in [0.5, 0.6) is 17.2 Å². The number of pyridine rings is 1. The van der Waals surface area contributed by atoms with Crippen molar-refractivity contribution in [1.82, 2.24) is 76.4 Å². The number of carbonyl (C=O) groups excluding carboxylic acids is 4. The van der Waals surface area contributed by atoms with Gasteiger partial charge in [0.25, 0.3) is 40.5 Å². The number of hydrogen-bond donors (Lipinski definition) is 13. The second-order valence-corrected chi connectivity index (χ2v) is 33.9. The highest BCUT2D eigenvalue weighted by atomic mass is 35.5. The van der Waals surface area contributed by atoms with E-state index in [-0.39, 0.29) is 119 Å². The average Bonchev–Trinajstić information content (AvgIpc) is 1.75. The summed E-state index contributed by atoms with van der Waals surface area (Å²) in [6.07, 6.45) is 9.41. The fraction of sp³-hybridized carbons (Fsp3) is 0.464. The van der Waals surface area contributed by atoms with E-state index >= 15 is 0 Å². The summed E-state index contributed by atoms with van der Waals surface area (Å²) in [4.78, 5) is 104. The molecule has 624 valence electrons. The molecular formula is C69H87ClN16O25S4. The predicted octanol–water partition coefficient (Wildman–Crippen LogP) is -1.20. The number of benzene rings is 3. The van der Waals surface area contributed by atoms with Crippen LogP contribution >= 0.6 is 11.6 Å². The Labute approximate surface area is 665 Å². The lowest BCUT2D eigenvalue weighted by molar-refractivity contribution is -0.154. The van der Waals surface area contributed by atoms with E-state index < -0.39 is 160 Å². The molecule has 2 aromatic heterocycles. The third kappa shape index (κ3) is 24.7. The van der Waals surface area contributed by atoms with Crippen LogP contribution in [0.2, 0.25) is 5.02 Å². The number of hydrogen-bond acceptors (Lipinski definition) is 29. The molecular weight excluding hydrogens is 1620 g/mol. The molecule has 13 N–H and O–H groups in total. The molecule has 3 aromatic carbocycles. The van der Waals surface area contributed by atoms with Crippen LogP contribution in [0.15, 0.2) is 97.7 Å². The van der Waals surface area contributed by atoms with Crippen molar-refractivity contribution < 1.29 is 115 Å². The number of nitriles is 1. The third-order valence-corrected chi connectivity index (χ3v) is 22.8. The van der Waals surface area contributed by atoms with E-state index in [1.54, 1.807) is 23.0 Å². The Bertz CT molecular complexity index is 4980. The standard InChI is InChI=1S/C69H87ClN16O25S4/c1-44-48(39-110-60-32-59(109-38-47-30-46(33-71)34-72-35-47)49(31-53(60)70)36-74-54(41-113(100,101)102)62(88)73-16-29-112(97,98)99)6-3-7-51(44)52-8-4-9-58(45(52)2)111-40-50-37-86(80-79-50)18-5-17-81-19-21-83(22-20-81)64(90)56(43-115(106,107)108)78-63(89)55(42-114(103,104)105)77-61(87)11-10-57(65(91)92)82-23-25-84(68(66(93)94)12-14-75-68)27-28-85(26-24-82)69(67(95)96)13-15-76-69/h3-4,6-9,12-15,30-32,34-35,37,54-57,74-76H,5,10-11,16-29,36,38-43H2,1-2H3,(H,73,88)(H,77,87)(H,78,89)(H,91,92)(H,93,94)(H,95,96)(H,97,98,99)(H,100,101,102)(H,103,104,105)(H,106,107,108)/t54-,55-,56-,57+,68?,69?/m0/s1. The van der Waals surface area contributed by atoms with Gasteiger partial charge in [0.1, 0.15) is 84.5 Å². The summed E-state index contributed by atoms with van der Waals surface area (Å²) in [6, 6.07) is 10.3. The molecule has 0 radical (unpaired) electrons. The lowest BCUT2D eigenvalue weighted by Crippen LogP contribution is -2.69. The van der Waals surface area contributed by atoms with Gasteiger partial charge in [0.15, 0.2) is 0 Å². The molecule has 6 atom stereocenters. The van der Waals surface area contributed by atoms with E-state index in [4.69, 9.17) is 30.4 Å². The van der Waals surface area contributed by atoms with E-state index in [1.165, 1.54) is 68.7 Å². The normalized spacial score (nSPS) is 18.9. The van der Waals surface area contributed by atoms with Gasteiger partial charge < -0.3 is 66.3 Å². The quantitative estimate of drug-likeness (QED) is 0.0205. The largest absolute Gasteiger partial charge is 0.488 e. The van der Waals surface area contributed by atoms with Gasteiger partial charge >= 0.3 is 17.9 Å². The van der Waals surface area contributed by atoms with E-state index in [0.717, 1.165) is 27.8 Å². The van der Waals surface area contributed by atoms with Crippen molar-refractivity contribution in [3.63, 3.8) is 0 Å². The van der Waals surface area contributed by atoms with Gasteiger partial charge in [-0.05, 0) is 97.3 Å². The minimum absolute atomic E-state index is 0.00341. The number of nitrogens with one attached hydrogen (secondary N) is 6. The zero-order valence-electron chi connectivity index (χ0n) is 62.0. The number of ether oxygens (including phenoxy) is 3. The van der Waals surface area contributed by atoms with E-state index in [0.29, 0.717) is 36.5 Å². The second-order valence-electron chi connectivity index (χ2n) is 27.4. The molecule has 4 aliphatic heterocycles. The lowest BCUT2D eigenvalue weighted by atomic mass is 9.93. The molecule has 115 heavy (non-hydrogen) atoms. The Balaban J connectivity index is 0.764. The number of aromatic nitrogens is 4. The number of nitrogens with zero attached hydrogens (tertiary/aromatic N) is 10. The molecule has 0 aliphatic carbocycles. The zero-order valence-corrected chi connectivity index (χ0v) is 66.0. The number of halogens is 1. The maximum Gasteiger partial charge on any atom is 0.349 e. The van der Waals surface area contributed by atoms with Gasteiger partial charge in [-0.2, -0.15) is 38.9 Å². The molecule has 4 aliphatic rings. The van der Waals surface area contributed by atoms with Gasteiger partial charge in [0.2, 0.25) is 35.0 Å². The highest BCUT2D eigenvalue weighted by Gasteiger charge is 2.50. The maximum atomic E-state index is 14.0. The molecule has 41 nitrogen and oxygen atoms in total. The summed E-state index contributed by atoms with van der Waals surface area (Å²) in [6.45, 7) is 3.88. The molecule has 2 unspecified atom stereocenters. The van der Waals surface area contributed by atoms with E-state index in [2.05, 4.69) is 47.2 Å². The first-order valence-corrected chi connectivity index (χ1v) is 42.4. The van der Waals surface area contributed by atoms with Gasteiger partial charge in [-0.3, -0.25) is 71.4 Å². The Morgan fingerprint density at radius 2 is 1.23 bits per heavy atom. The number of carbonyl (C=O) groups is 7. The third-order valence-electron chi connectivity index (χ3n) is 19.5. The van der Waals surface area contributed by atoms with Crippen molar-refractivity contribution in [1.29, 1.82) is 5.26 Å². The SMILES string of the molecule is Cc1c(COc2cc(OCc3cncc(C#N)c3)c(CN[C@@H](CS(=O)(=O)O)C(=O)NCCS(=O)(=O)O)cc2Cl)cccc1-c1cccc(OCc2cn(CCCN3CCN(C(=O)[C@H](CS(=O)(=O)O)NC(=O)[C@H](CS(=O)(=O)O)NC(=O)CC[C@H](C(=O)O)N4CCN(C5(C(=O)O)C=CN5)CCN(C5(C(=O)O)C=CN5)CC4)CC3)nn2)c1C. The fourth-order valence-corrected chi connectivity index (χ4v) is 15.9. The fourth-order valence-electron chi connectivity index (χ4n) is 13.3. The van der Waals surface area contributed by atoms with Crippen molar-refractivity contribution in [2.24, 2.45) is 0 Å². The summed E-state index contributed by atoms with van der Waals surface area (Å²) < 4.78 is 155.